The lowest BCUT2D eigenvalue weighted by Crippen LogP contribution is -2.10. The third kappa shape index (κ3) is 3.18. The van der Waals surface area contributed by atoms with E-state index in [1.807, 2.05) is 24.5 Å². The van der Waals surface area contributed by atoms with Crippen molar-refractivity contribution in [3.05, 3.63) is 73.2 Å². The number of benzene rings is 2. The van der Waals surface area contributed by atoms with Gasteiger partial charge in [-0.25, -0.2) is 0 Å². The topological polar surface area (TPSA) is 27.1 Å². The molecule has 0 radical (unpaired) electrons. The van der Waals surface area contributed by atoms with Crippen molar-refractivity contribution < 1.29 is 4.74 Å². The molecule has 0 saturated carbocycles. The molecule has 0 fully saturated rings. The van der Waals surface area contributed by atoms with Crippen molar-refractivity contribution >= 4 is 10.9 Å². The minimum atomic E-state index is 0.359. The molecule has 2 aromatic heterocycles. The van der Waals surface area contributed by atoms with E-state index in [0.717, 1.165) is 22.4 Å². The average Bonchev–Trinajstić information content (AvgIpc) is 3.13. The molecule has 1 unspecified atom stereocenters. The molecule has 3 heteroatoms. The van der Waals surface area contributed by atoms with Crippen LogP contribution in [0.1, 0.15) is 26.8 Å². The van der Waals surface area contributed by atoms with Crippen molar-refractivity contribution in [2.75, 3.05) is 7.11 Å². The Morgan fingerprint density at radius 2 is 1.61 bits per heavy atom. The maximum Gasteiger partial charge on any atom is 0.143 e. The summed E-state index contributed by atoms with van der Waals surface area (Å²) in [6.45, 7) is 6.77. The molecule has 4 aromatic rings. The first-order valence-corrected chi connectivity index (χ1v) is 9.78. The van der Waals surface area contributed by atoms with Crippen LogP contribution in [0.15, 0.2) is 73.2 Å². The molecule has 0 aliphatic carbocycles. The van der Waals surface area contributed by atoms with E-state index in [1.54, 1.807) is 7.11 Å². The van der Waals surface area contributed by atoms with Crippen molar-refractivity contribution in [1.82, 2.24) is 9.55 Å². The van der Waals surface area contributed by atoms with Crippen molar-refractivity contribution in [2.45, 2.75) is 26.8 Å². The standard InChI is InChI=1S/C25H26N2O/c1-17(2)18(3)27-16-23(22-11-8-12-24(28-4)25(22)27)21-13-20(14-26-15-21)19-9-6-5-7-10-19/h5-18H,1-4H3. The zero-order valence-corrected chi connectivity index (χ0v) is 16.9. The quantitative estimate of drug-likeness (QED) is 0.396. The molecular weight excluding hydrogens is 344 g/mol. The van der Waals surface area contributed by atoms with Gasteiger partial charge in [-0.2, -0.15) is 0 Å². The normalized spacial score (nSPS) is 12.5. The minimum Gasteiger partial charge on any atom is -0.495 e. The summed E-state index contributed by atoms with van der Waals surface area (Å²) >= 11 is 0. The molecule has 2 heterocycles. The van der Waals surface area contributed by atoms with Gasteiger partial charge in [-0.1, -0.05) is 56.3 Å². The van der Waals surface area contributed by atoms with Crippen LogP contribution < -0.4 is 4.74 Å². The molecule has 0 N–H and O–H groups in total. The number of para-hydroxylation sites is 1. The van der Waals surface area contributed by atoms with Gasteiger partial charge >= 0.3 is 0 Å². The molecule has 4 rings (SSSR count). The van der Waals surface area contributed by atoms with E-state index in [2.05, 4.69) is 79.0 Å². The van der Waals surface area contributed by atoms with Crippen molar-refractivity contribution in [3.63, 3.8) is 0 Å². The Kier molecular flexibility index (Phi) is 4.91. The van der Waals surface area contributed by atoms with Crippen LogP contribution in [-0.4, -0.2) is 16.7 Å². The van der Waals surface area contributed by atoms with Crippen LogP contribution in [0.3, 0.4) is 0 Å². The van der Waals surface area contributed by atoms with Crippen LogP contribution in [0.25, 0.3) is 33.2 Å². The van der Waals surface area contributed by atoms with Gasteiger partial charge in [-0.3, -0.25) is 4.98 Å². The molecule has 2 aromatic carbocycles. The molecular formula is C25H26N2O. The number of aromatic nitrogens is 2. The summed E-state index contributed by atoms with van der Waals surface area (Å²) in [5.74, 6) is 1.42. The number of ether oxygens (including phenoxy) is 1. The maximum atomic E-state index is 5.70. The largest absolute Gasteiger partial charge is 0.495 e. The van der Waals surface area contributed by atoms with Crippen molar-refractivity contribution in [2.24, 2.45) is 5.92 Å². The summed E-state index contributed by atoms with van der Waals surface area (Å²) in [5.41, 5.74) is 5.75. The molecule has 0 amide bonds. The van der Waals surface area contributed by atoms with E-state index >= 15 is 0 Å². The molecule has 0 aliphatic rings. The van der Waals surface area contributed by atoms with Gasteiger partial charge in [0, 0.05) is 46.7 Å². The Balaban J connectivity index is 1.93. The lowest BCUT2D eigenvalue weighted by Gasteiger charge is -2.20. The fourth-order valence-corrected chi connectivity index (χ4v) is 3.69. The number of hydrogen-bond donors (Lipinski definition) is 0. The first kappa shape index (κ1) is 18.3. The van der Waals surface area contributed by atoms with Gasteiger partial charge in [0.25, 0.3) is 0 Å². The second kappa shape index (κ2) is 7.51. The van der Waals surface area contributed by atoms with Crippen LogP contribution in [0.4, 0.5) is 0 Å². The minimum absolute atomic E-state index is 0.359. The maximum absolute atomic E-state index is 5.70. The zero-order valence-electron chi connectivity index (χ0n) is 16.9. The molecule has 0 spiro atoms. The Morgan fingerprint density at radius 1 is 0.857 bits per heavy atom. The average molecular weight is 370 g/mol. The van der Waals surface area contributed by atoms with Crippen molar-refractivity contribution in [1.29, 1.82) is 0 Å². The smallest absolute Gasteiger partial charge is 0.143 e. The third-order valence-electron chi connectivity index (χ3n) is 5.60. The molecule has 142 valence electrons. The highest BCUT2D eigenvalue weighted by Crippen LogP contribution is 2.39. The number of methoxy groups -OCH3 is 1. The van der Waals surface area contributed by atoms with Crippen LogP contribution in [-0.2, 0) is 0 Å². The van der Waals surface area contributed by atoms with Crippen molar-refractivity contribution in [3.8, 4) is 28.0 Å². The number of hydrogen-bond acceptors (Lipinski definition) is 2. The number of nitrogens with zero attached hydrogens (tertiary/aromatic N) is 2. The number of rotatable bonds is 5. The summed E-state index contributed by atoms with van der Waals surface area (Å²) < 4.78 is 8.05. The summed E-state index contributed by atoms with van der Waals surface area (Å²) in [6.07, 6.45) is 6.13. The SMILES string of the molecule is COc1cccc2c(-c3cncc(-c4ccccc4)c3)cn(C(C)C(C)C)c12. The Bertz CT molecular complexity index is 1100. The van der Waals surface area contributed by atoms with E-state index in [4.69, 9.17) is 4.74 Å². The van der Waals surface area contributed by atoms with Crippen LogP contribution in [0.2, 0.25) is 0 Å². The van der Waals surface area contributed by atoms with E-state index in [1.165, 1.54) is 16.5 Å². The fourth-order valence-electron chi connectivity index (χ4n) is 3.69. The van der Waals surface area contributed by atoms with E-state index < -0.39 is 0 Å². The zero-order chi connectivity index (χ0) is 19.7. The van der Waals surface area contributed by atoms with Gasteiger partial charge in [-0.15, -0.1) is 0 Å². The number of pyridine rings is 1. The molecule has 0 aliphatic heterocycles. The summed E-state index contributed by atoms with van der Waals surface area (Å²) in [6, 6.07) is 19.2. The van der Waals surface area contributed by atoms with Gasteiger partial charge < -0.3 is 9.30 Å². The Morgan fingerprint density at radius 3 is 2.32 bits per heavy atom. The Hall–Kier alpha value is -3.07. The highest BCUT2D eigenvalue weighted by Gasteiger charge is 2.19. The summed E-state index contributed by atoms with van der Waals surface area (Å²) in [5, 5.41) is 1.19. The first-order valence-electron chi connectivity index (χ1n) is 9.78. The van der Waals surface area contributed by atoms with Crippen LogP contribution >= 0.6 is 0 Å². The van der Waals surface area contributed by atoms with Gasteiger partial charge in [-0.05, 0) is 30.5 Å². The van der Waals surface area contributed by atoms with Crippen LogP contribution in [0.5, 0.6) is 5.75 Å². The lowest BCUT2D eigenvalue weighted by molar-refractivity contribution is 0.398. The highest BCUT2D eigenvalue weighted by molar-refractivity contribution is 5.99. The fraction of sp³-hybridized carbons (Fsp3) is 0.240. The van der Waals surface area contributed by atoms with Gasteiger partial charge in [0.05, 0.1) is 12.6 Å². The first-order chi connectivity index (χ1) is 13.6. The van der Waals surface area contributed by atoms with E-state index in [0.29, 0.717) is 12.0 Å². The Labute approximate surface area is 166 Å². The second-order valence-electron chi connectivity index (χ2n) is 7.62. The highest BCUT2D eigenvalue weighted by atomic mass is 16.5. The van der Waals surface area contributed by atoms with E-state index in [9.17, 15) is 0 Å². The van der Waals surface area contributed by atoms with Gasteiger partial charge in [0.1, 0.15) is 5.75 Å². The lowest BCUT2D eigenvalue weighted by atomic mass is 10.0. The molecule has 3 nitrogen and oxygen atoms in total. The van der Waals surface area contributed by atoms with Crippen LogP contribution in [0, 0.1) is 5.92 Å². The number of fused-ring (bicyclic) bond motifs is 1. The summed E-state index contributed by atoms with van der Waals surface area (Å²) in [4.78, 5) is 4.54. The van der Waals surface area contributed by atoms with Gasteiger partial charge in [0.2, 0.25) is 0 Å². The van der Waals surface area contributed by atoms with E-state index in [-0.39, 0.29) is 0 Å². The third-order valence-corrected chi connectivity index (χ3v) is 5.60. The molecule has 0 bridgehead atoms. The predicted molar refractivity (Wildman–Crippen MR) is 117 cm³/mol. The predicted octanol–water partition coefficient (Wildman–Crippen LogP) is 6.60. The molecule has 1 atom stereocenters. The monoisotopic (exact) mass is 370 g/mol. The molecule has 0 saturated heterocycles. The van der Waals surface area contributed by atoms with Gasteiger partial charge in [0.15, 0.2) is 0 Å². The second-order valence-corrected chi connectivity index (χ2v) is 7.62. The molecule has 28 heavy (non-hydrogen) atoms. The summed E-state index contributed by atoms with van der Waals surface area (Å²) in [7, 11) is 1.74.